The molecule has 5 N–H and O–H groups in total. The highest BCUT2D eigenvalue weighted by atomic mass is 32.2. The summed E-state index contributed by atoms with van der Waals surface area (Å²) in [7, 11) is -3.65. The van der Waals surface area contributed by atoms with Crippen LogP contribution in [-0.4, -0.2) is 40.5 Å². The SMILES string of the molecule is CCOc1cc(F)c(Cn2nc(-c3nc(N)c(NS(=O)(=O)CC)c(N)n3)c(C)c2C2CC2)c(F)c1. The maximum atomic E-state index is 14.7. The molecule has 2 heterocycles. The lowest BCUT2D eigenvalue weighted by Gasteiger charge is -2.11. The highest BCUT2D eigenvalue weighted by Crippen LogP contribution is 2.44. The fraction of sp³-hybridized carbons (Fsp3) is 0.409. The Morgan fingerprint density at radius 3 is 2.26 bits per heavy atom. The van der Waals surface area contributed by atoms with E-state index in [-0.39, 0.29) is 59.3 Å². The zero-order valence-corrected chi connectivity index (χ0v) is 20.4. The minimum Gasteiger partial charge on any atom is -0.494 e. The number of rotatable bonds is 9. The van der Waals surface area contributed by atoms with Crippen molar-refractivity contribution in [3.05, 3.63) is 40.6 Å². The molecule has 0 saturated heterocycles. The normalized spacial score (nSPS) is 13.7. The Morgan fingerprint density at radius 2 is 1.74 bits per heavy atom. The van der Waals surface area contributed by atoms with Crippen molar-refractivity contribution in [3.8, 4) is 17.3 Å². The van der Waals surface area contributed by atoms with Crippen LogP contribution in [0, 0.1) is 18.6 Å². The van der Waals surface area contributed by atoms with Gasteiger partial charge in [-0.2, -0.15) is 5.10 Å². The highest BCUT2D eigenvalue weighted by molar-refractivity contribution is 7.92. The van der Waals surface area contributed by atoms with Gasteiger partial charge in [0, 0.05) is 34.9 Å². The number of nitrogen functional groups attached to an aromatic ring is 2. The van der Waals surface area contributed by atoms with Crippen LogP contribution >= 0.6 is 0 Å². The maximum Gasteiger partial charge on any atom is 0.232 e. The number of hydrogen-bond acceptors (Lipinski definition) is 8. The van der Waals surface area contributed by atoms with Crippen molar-refractivity contribution in [2.45, 2.75) is 46.1 Å². The minimum absolute atomic E-state index is 0.0882. The molecule has 0 unspecified atom stereocenters. The van der Waals surface area contributed by atoms with Gasteiger partial charge >= 0.3 is 0 Å². The Hall–Kier alpha value is -3.48. The van der Waals surface area contributed by atoms with Crippen LogP contribution in [0.4, 0.5) is 26.1 Å². The molecule has 0 bridgehead atoms. The van der Waals surface area contributed by atoms with E-state index in [1.54, 1.807) is 11.6 Å². The Kier molecular flexibility index (Phi) is 6.54. The van der Waals surface area contributed by atoms with Crippen molar-refractivity contribution in [2.75, 3.05) is 28.5 Å². The number of nitrogens with two attached hydrogens (primary N) is 2. The summed E-state index contributed by atoms with van der Waals surface area (Å²) >= 11 is 0. The molecule has 0 amide bonds. The van der Waals surface area contributed by atoms with E-state index in [0.717, 1.165) is 36.2 Å². The van der Waals surface area contributed by atoms with E-state index in [4.69, 9.17) is 16.2 Å². The van der Waals surface area contributed by atoms with E-state index in [9.17, 15) is 17.2 Å². The number of aromatic nitrogens is 4. The second-order valence-electron chi connectivity index (χ2n) is 8.29. The molecule has 188 valence electrons. The average molecular weight is 508 g/mol. The quantitative estimate of drug-likeness (QED) is 0.399. The third-order valence-electron chi connectivity index (χ3n) is 5.75. The smallest absolute Gasteiger partial charge is 0.232 e. The van der Waals surface area contributed by atoms with Gasteiger partial charge in [0.25, 0.3) is 0 Å². The van der Waals surface area contributed by atoms with Crippen molar-refractivity contribution < 1.29 is 21.9 Å². The predicted octanol–water partition coefficient (Wildman–Crippen LogP) is 3.18. The summed E-state index contributed by atoms with van der Waals surface area (Å²) in [6.45, 7) is 5.16. The molecule has 3 aromatic rings. The van der Waals surface area contributed by atoms with E-state index in [1.165, 1.54) is 6.92 Å². The van der Waals surface area contributed by atoms with Crippen LogP contribution in [0.2, 0.25) is 0 Å². The molecule has 0 aliphatic heterocycles. The molecule has 0 radical (unpaired) electrons. The van der Waals surface area contributed by atoms with Gasteiger partial charge in [-0.05, 0) is 33.6 Å². The molecule has 1 aliphatic carbocycles. The van der Waals surface area contributed by atoms with Gasteiger partial charge in [0.2, 0.25) is 10.0 Å². The maximum absolute atomic E-state index is 14.7. The molecule has 10 nitrogen and oxygen atoms in total. The Bertz CT molecular complexity index is 1340. The van der Waals surface area contributed by atoms with E-state index in [0.29, 0.717) is 5.69 Å². The van der Waals surface area contributed by atoms with Crippen LogP contribution < -0.4 is 20.9 Å². The summed E-state index contributed by atoms with van der Waals surface area (Å²) in [6, 6.07) is 2.30. The van der Waals surface area contributed by atoms with E-state index in [1.807, 2.05) is 6.92 Å². The van der Waals surface area contributed by atoms with Gasteiger partial charge < -0.3 is 16.2 Å². The molecular formula is C22H27F2N7O3S. The van der Waals surface area contributed by atoms with Gasteiger partial charge in [0.1, 0.15) is 28.8 Å². The number of ether oxygens (including phenoxy) is 1. The lowest BCUT2D eigenvalue weighted by Crippen LogP contribution is -2.18. The molecule has 1 aliphatic rings. The van der Waals surface area contributed by atoms with Crippen LogP contribution in [-0.2, 0) is 16.6 Å². The van der Waals surface area contributed by atoms with Crippen molar-refractivity contribution in [2.24, 2.45) is 0 Å². The third kappa shape index (κ3) is 4.99. The van der Waals surface area contributed by atoms with Gasteiger partial charge in [0.05, 0.1) is 18.9 Å². The van der Waals surface area contributed by atoms with Crippen LogP contribution in [0.5, 0.6) is 5.75 Å². The highest BCUT2D eigenvalue weighted by Gasteiger charge is 2.33. The first-order valence-electron chi connectivity index (χ1n) is 11.2. The number of anilines is 3. The van der Waals surface area contributed by atoms with Gasteiger partial charge in [0.15, 0.2) is 17.5 Å². The molecule has 1 aromatic carbocycles. The number of sulfonamides is 1. The molecule has 1 saturated carbocycles. The largest absolute Gasteiger partial charge is 0.494 e. The lowest BCUT2D eigenvalue weighted by atomic mass is 10.1. The molecule has 4 rings (SSSR count). The summed E-state index contributed by atoms with van der Waals surface area (Å²) in [5.74, 6) is -1.57. The zero-order chi connectivity index (χ0) is 25.5. The first-order valence-corrected chi connectivity index (χ1v) is 12.8. The van der Waals surface area contributed by atoms with Gasteiger partial charge in [-0.15, -0.1) is 0 Å². The second kappa shape index (κ2) is 9.29. The van der Waals surface area contributed by atoms with Gasteiger partial charge in [-0.3, -0.25) is 9.40 Å². The number of hydrogen-bond donors (Lipinski definition) is 3. The fourth-order valence-corrected chi connectivity index (χ4v) is 4.50. The van der Waals surface area contributed by atoms with E-state index in [2.05, 4.69) is 19.8 Å². The fourth-order valence-electron chi connectivity index (χ4n) is 3.84. The van der Waals surface area contributed by atoms with E-state index < -0.39 is 21.7 Å². The topological polar surface area (TPSA) is 151 Å². The molecule has 1 fully saturated rings. The minimum atomic E-state index is -3.65. The second-order valence-corrected chi connectivity index (χ2v) is 10.3. The van der Waals surface area contributed by atoms with Gasteiger partial charge in [-0.25, -0.2) is 27.2 Å². The standard InChI is InChI=1S/C22H27F2N7O3S/c1-4-34-13-8-15(23)14(16(24)9-13)10-31-19(12-6-7-12)11(3)17(29-31)22-27-20(25)18(21(26)28-22)30-35(32,33)5-2/h8-9,12,30H,4-7,10H2,1-3H3,(H4,25,26,27,28). The molecular weight excluding hydrogens is 480 g/mol. The van der Waals surface area contributed by atoms with Gasteiger partial charge in [-0.1, -0.05) is 0 Å². The Balaban J connectivity index is 1.75. The first-order chi connectivity index (χ1) is 16.5. The molecule has 13 heteroatoms. The van der Waals surface area contributed by atoms with Crippen LogP contribution in [0.1, 0.15) is 49.4 Å². The van der Waals surface area contributed by atoms with E-state index >= 15 is 0 Å². The van der Waals surface area contributed by atoms with Crippen LogP contribution in [0.25, 0.3) is 11.5 Å². The molecule has 2 aromatic heterocycles. The Labute approximate surface area is 201 Å². The molecule has 35 heavy (non-hydrogen) atoms. The van der Waals surface area contributed by atoms with Crippen molar-refractivity contribution >= 4 is 27.3 Å². The van der Waals surface area contributed by atoms with Crippen LogP contribution in [0.15, 0.2) is 12.1 Å². The van der Waals surface area contributed by atoms with Crippen LogP contribution in [0.3, 0.4) is 0 Å². The summed E-state index contributed by atoms with van der Waals surface area (Å²) in [4.78, 5) is 8.42. The first kappa shape index (κ1) is 24.6. The number of halogens is 2. The Morgan fingerprint density at radius 1 is 1.14 bits per heavy atom. The predicted molar refractivity (Wildman–Crippen MR) is 129 cm³/mol. The summed E-state index contributed by atoms with van der Waals surface area (Å²) in [5.41, 5.74) is 13.6. The monoisotopic (exact) mass is 507 g/mol. The summed E-state index contributed by atoms with van der Waals surface area (Å²) < 4.78 is 62.4. The van der Waals surface area contributed by atoms with Crippen molar-refractivity contribution in [1.29, 1.82) is 0 Å². The zero-order valence-electron chi connectivity index (χ0n) is 19.6. The number of nitrogens with one attached hydrogen (secondary N) is 1. The number of nitrogens with zero attached hydrogens (tertiary/aromatic N) is 4. The molecule has 0 spiro atoms. The average Bonchev–Trinajstić information content (AvgIpc) is 3.56. The lowest BCUT2D eigenvalue weighted by molar-refractivity contribution is 0.335. The molecule has 0 atom stereocenters. The van der Waals surface area contributed by atoms with Crippen molar-refractivity contribution in [1.82, 2.24) is 19.7 Å². The summed E-state index contributed by atoms with van der Waals surface area (Å²) in [5, 5.41) is 4.56. The third-order valence-corrected chi connectivity index (χ3v) is 7.03. The summed E-state index contributed by atoms with van der Waals surface area (Å²) in [6.07, 6.45) is 1.84. The van der Waals surface area contributed by atoms with Crippen molar-refractivity contribution in [3.63, 3.8) is 0 Å². The number of benzene rings is 1.